The molecule has 0 saturated carbocycles. The van der Waals surface area contributed by atoms with E-state index in [9.17, 15) is 28.7 Å². The highest BCUT2D eigenvalue weighted by Crippen LogP contribution is 2.30. The minimum absolute atomic E-state index is 0.0489. The summed E-state index contributed by atoms with van der Waals surface area (Å²) < 4.78 is 20.2. The number of methoxy groups -OCH3 is 1. The highest BCUT2D eigenvalue weighted by molar-refractivity contribution is 6.30. The highest BCUT2D eigenvalue weighted by Gasteiger charge is 2.40. The number of nitrogens with zero attached hydrogens (tertiary/aromatic N) is 2. The van der Waals surface area contributed by atoms with Crippen LogP contribution >= 0.6 is 11.6 Å². The maximum Gasteiger partial charge on any atom is 0.326 e. The molecule has 10 nitrogen and oxygen atoms in total. The Labute approximate surface area is 210 Å². The topological polar surface area (TPSA) is 128 Å². The molecule has 4 rings (SSSR count). The number of rotatable bonds is 6. The number of aliphatic carboxylic acids is 1. The molecular formula is C24H24ClFN4O6. The van der Waals surface area contributed by atoms with Crippen molar-refractivity contribution in [2.75, 3.05) is 29.2 Å². The van der Waals surface area contributed by atoms with Gasteiger partial charge in [-0.3, -0.25) is 14.5 Å². The Hall–Kier alpha value is -3.70. The molecule has 2 fully saturated rings. The molecule has 4 amide bonds. The summed E-state index contributed by atoms with van der Waals surface area (Å²) in [6, 6.07) is 7.57. The summed E-state index contributed by atoms with van der Waals surface area (Å²) in [5.74, 6) is -3.06. The first-order valence-electron chi connectivity index (χ1n) is 11.2. The first-order valence-corrected chi connectivity index (χ1v) is 11.6. The Bertz CT molecular complexity index is 1190. The van der Waals surface area contributed by atoms with E-state index in [-0.39, 0.29) is 37.2 Å². The molecule has 3 N–H and O–H groups in total. The van der Waals surface area contributed by atoms with Crippen molar-refractivity contribution in [3.63, 3.8) is 0 Å². The average molecular weight is 519 g/mol. The Morgan fingerprint density at radius 3 is 2.47 bits per heavy atom. The van der Waals surface area contributed by atoms with Crippen LogP contribution in [0.4, 0.5) is 26.2 Å². The van der Waals surface area contributed by atoms with Gasteiger partial charge in [0.05, 0.1) is 11.8 Å². The Kier molecular flexibility index (Phi) is 7.41. The number of anilines is 3. The van der Waals surface area contributed by atoms with Crippen molar-refractivity contribution in [2.45, 2.75) is 37.5 Å². The average Bonchev–Trinajstić information content (AvgIpc) is 3.46. The molecule has 12 heteroatoms. The SMILES string of the molecule is COC1CC(C(=O)Nc2ccc(N3C(=O)CCC3C(=O)O)cc2F)N(C(=O)Nc2ccc(Cl)cc2)C1. The van der Waals surface area contributed by atoms with Gasteiger partial charge in [-0.15, -0.1) is 0 Å². The molecule has 0 spiro atoms. The quantitative estimate of drug-likeness (QED) is 0.538. The number of carbonyl (C=O) groups excluding carboxylic acids is 3. The molecule has 3 atom stereocenters. The minimum atomic E-state index is -1.18. The van der Waals surface area contributed by atoms with Crippen molar-refractivity contribution < 1.29 is 33.4 Å². The number of nitrogens with one attached hydrogen (secondary N) is 2. The van der Waals surface area contributed by atoms with Crippen molar-refractivity contribution in [1.29, 1.82) is 0 Å². The number of urea groups is 1. The van der Waals surface area contributed by atoms with Crippen LogP contribution in [0.1, 0.15) is 19.3 Å². The summed E-state index contributed by atoms with van der Waals surface area (Å²) in [4.78, 5) is 51.9. The second-order valence-electron chi connectivity index (χ2n) is 8.51. The van der Waals surface area contributed by atoms with Crippen molar-refractivity contribution in [1.82, 2.24) is 4.90 Å². The van der Waals surface area contributed by atoms with E-state index < -0.39 is 47.8 Å². The lowest BCUT2D eigenvalue weighted by atomic mass is 10.1. The van der Waals surface area contributed by atoms with Crippen LogP contribution in [-0.4, -0.2) is 65.7 Å². The highest BCUT2D eigenvalue weighted by atomic mass is 35.5. The van der Waals surface area contributed by atoms with Crippen LogP contribution in [0.25, 0.3) is 0 Å². The van der Waals surface area contributed by atoms with Gasteiger partial charge in [0, 0.05) is 42.9 Å². The fourth-order valence-corrected chi connectivity index (χ4v) is 4.51. The molecular weight excluding hydrogens is 495 g/mol. The van der Waals surface area contributed by atoms with Gasteiger partial charge >= 0.3 is 12.0 Å². The normalized spacial score (nSPS) is 21.5. The predicted octanol–water partition coefficient (Wildman–Crippen LogP) is 3.32. The van der Waals surface area contributed by atoms with E-state index in [2.05, 4.69) is 10.6 Å². The fraction of sp³-hybridized carbons (Fsp3) is 0.333. The van der Waals surface area contributed by atoms with Crippen molar-refractivity contribution in [2.24, 2.45) is 0 Å². The van der Waals surface area contributed by atoms with E-state index in [0.29, 0.717) is 10.7 Å². The lowest BCUT2D eigenvalue weighted by molar-refractivity contribution is -0.138. The lowest BCUT2D eigenvalue weighted by Gasteiger charge is -2.25. The number of amides is 4. The molecule has 0 radical (unpaired) electrons. The number of halogens is 2. The first-order chi connectivity index (χ1) is 17.2. The summed E-state index contributed by atoms with van der Waals surface area (Å²) >= 11 is 5.87. The van der Waals surface area contributed by atoms with Crippen LogP contribution in [0.5, 0.6) is 0 Å². The monoisotopic (exact) mass is 518 g/mol. The molecule has 2 heterocycles. The Morgan fingerprint density at radius 1 is 1.11 bits per heavy atom. The summed E-state index contributed by atoms with van der Waals surface area (Å²) in [5, 5.41) is 15.0. The minimum Gasteiger partial charge on any atom is -0.480 e. The maximum atomic E-state index is 14.9. The summed E-state index contributed by atoms with van der Waals surface area (Å²) in [6.07, 6.45) is -0.00524. The molecule has 190 valence electrons. The summed E-state index contributed by atoms with van der Waals surface area (Å²) in [5.41, 5.74) is 0.410. The van der Waals surface area contributed by atoms with Gasteiger partial charge < -0.3 is 25.4 Å². The third-order valence-electron chi connectivity index (χ3n) is 6.24. The van der Waals surface area contributed by atoms with E-state index >= 15 is 0 Å². The molecule has 2 aliphatic heterocycles. The number of benzene rings is 2. The Balaban J connectivity index is 1.48. The number of hydrogen-bond acceptors (Lipinski definition) is 5. The second kappa shape index (κ2) is 10.5. The largest absolute Gasteiger partial charge is 0.480 e. The molecule has 3 unspecified atom stereocenters. The number of likely N-dealkylation sites (tertiary alicyclic amines) is 1. The molecule has 0 aliphatic carbocycles. The van der Waals surface area contributed by atoms with Crippen LogP contribution in [0.2, 0.25) is 5.02 Å². The number of carbonyl (C=O) groups is 4. The zero-order chi connectivity index (χ0) is 26.0. The van der Waals surface area contributed by atoms with E-state index in [1.165, 1.54) is 24.1 Å². The smallest absolute Gasteiger partial charge is 0.326 e. The summed E-state index contributed by atoms with van der Waals surface area (Å²) in [6.45, 7) is 0.156. The van der Waals surface area contributed by atoms with Gasteiger partial charge in [0.2, 0.25) is 11.8 Å². The van der Waals surface area contributed by atoms with E-state index in [4.69, 9.17) is 16.3 Å². The number of hydrogen-bond donors (Lipinski definition) is 3. The predicted molar refractivity (Wildman–Crippen MR) is 130 cm³/mol. The van der Waals surface area contributed by atoms with Gasteiger partial charge in [0.1, 0.15) is 17.9 Å². The van der Waals surface area contributed by atoms with Crippen LogP contribution in [0, 0.1) is 5.82 Å². The maximum absolute atomic E-state index is 14.9. The van der Waals surface area contributed by atoms with Crippen LogP contribution in [-0.2, 0) is 19.1 Å². The standard InChI is InChI=1S/C24H24ClFN4O6/c1-36-16-11-20(29(12-16)24(35)27-14-4-2-13(25)3-5-14)22(32)28-18-7-6-15(10-17(18)26)30-19(23(33)34)8-9-21(30)31/h2-7,10,16,19-20H,8-9,11-12H2,1H3,(H,27,35)(H,28,32)(H,33,34). The number of ether oxygens (including phenoxy) is 1. The Morgan fingerprint density at radius 2 is 1.83 bits per heavy atom. The fourth-order valence-electron chi connectivity index (χ4n) is 4.38. The molecule has 2 saturated heterocycles. The van der Waals surface area contributed by atoms with Gasteiger partial charge in [-0.25, -0.2) is 14.0 Å². The molecule has 2 aromatic rings. The van der Waals surface area contributed by atoms with Crippen molar-refractivity contribution >= 4 is 52.5 Å². The zero-order valence-corrected chi connectivity index (χ0v) is 20.0. The summed E-state index contributed by atoms with van der Waals surface area (Å²) in [7, 11) is 1.47. The molecule has 2 aliphatic rings. The van der Waals surface area contributed by atoms with Gasteiger partial charge in [0.25, 0.3) is 0 Å². The van der Waals surface area contributed by atoms with Gasteiger partial charge in [-0.05, 0) is 48.9 Å². The molecule has 0 aromatic heterocycles. The van der Waals surface area contributed by atoms with Gasteiger partial charge in [-0.2, -0.15) is 0 Å². The van der Waals surface area contributed by atoms with Crippen LogP contribution < -0.4 is 15.5 Å². The second-order valence-corrected chi connectivity index (χ2v) is 8.94. The zero-order valence-electron chi connectivity index (χ0n) is 19.2. The lowest BCUT2D eigenvalue weighted by Crippen LogP contribution is -2.45. The van der Waals surface area contributed by atoms with E-state index in [1.807, 2.05) is 0 Å². The third kappa shape index (κ3) is 5.26. The van der Waals surface area contributed by atoms with Crippen molar-refractivity contribution in [3.8, 4) is 0 Å². The molecule has 2 aromatic carbocycles. The molecule has 0 bridgehead atoms. The molecule has 36 heavy (non-hydrogen) atoms. The van der Waals surface area contributed by atoms with E-state index in [1.54, 1.807) is 24.3 Å². The number of carboxylic acid groups (broad SMARTS) is 1. The first kappa shape index (κ1) is 25.4. The van der Waals surface area contributed by atoms with E-state index in [0.717, 1.165) is 11.0 Å². The van der Waals surface area contributed by atoms with Crippen LogP contribution in [0.15, 0.2) is 42.5 Å². The third-order valence-corrected chi connectivity index (χ3v) is 6.49. The van der Waals surface area contributed by atoms with Gasteiger partial charge in [-0.1, -0.05) is 11.6 Å². The van der Waals surface area contributed by atoms with Gasteiger partial charge in [0.15, 0.2) is 0 Å². The number of carboxylic acids is 1. The van der Waals surface area contributed by atoms with Crippen LogP contribution in [0.3, 0.4) is 0 Å². The van der Waals surface area contributed by atoms with Crippen molar-refractivity contribution in [3.05, 3.63) is 53.3 Å².